The summed E-state index contributed by atoms with van der Waals surface area (Å²) in [5, 5.41) is 25.8. The van der Waals surface area contributed by atoms with Crippen molar-refractivity contribution >= 4 is 30.1 Å². The number of aromatic hydroxyl groups is 1. The molecule has 9 aromatic rings. The minimum atomic E-state index is -0.495. The Morgan fingerprint density at radius 2 is 0.667 bits per heavy atom. The van der Waals surface area contributed by atoms with E-state index in [1.165, 1.54) is 72.8 Å². The second-order valence-corrected chi connectivity index (χ2v) is 21.8. The zero-order valence-electron chi connectivity index (χ0n) is 51.4. The fraction of sp³-hybridized carbons (Fsp3) is 0.213. The van der Waals surface area contributed by atoms with E-state index in [1.807, 2.05) is 109 Å². The molecule has 0 spiro atoms. The highest BCUT2D eigenvalue weighted by molar-refractivity contribution is 5.82. The lowest BCUT2D eigenvalue weighted by atomic mass is 9.98. The number of para-hydroxylation sites is 3. The molecule has 478 valence electrons. The van der Waals surface area contributed by atoms with Crippen molar-refractivity contribution in [2.24, 2.45) is 17.2 Å². The van der Waals surface area contributed by atoms with Crippen LogP contribution in [0.1, 0.15) is 67.8 Å². The predicted molar refractivity (Wildman–Crippen MR) is 357 cm³/mol. The quantitative estimate of drug-likeness (QED) is 0.0232. The molecule has 11 N–H and O–H groups in total. The van der Waals surface area contributed by atoms with Gasteiger partial charge in [-0.2, -0.15) is 0 Å². The zero-order chi connectivity index (χ0) is 65.3. The van der Waals surface area contributed by atoms with Gasteiger partial charge in [0.05, 0.1) is 32.5 Å². The van der Waals surface area contributed by atoms with E-state index < -0.39 is 30.1 Å². The van der Waals surface area contributed by atoms with Crippen molar-refractivity contribution in [1.29, 1.82) is 0 Å². The number of ether oxygens (including phenoxy) is 5. The molecule has 3 aliphatic carbocycles. The maximum Gasteiger partial charge on any atom is 0.407 e. The van der Waals surface area contributed by atoms with Gasteiger partial charge >= 0.3 is 18.3 Å². The number of aliphatic hydroxyl groups is 1. The van der Waals surface area contributed by atoms with Crippen LogP contribution in [0.5, 0.6) is 17.2 Å². The Morgan fingerprint density at radius 1 is 0.376 bits per heavy atom. The molecule has 0 heterocycles. The van der Waals surface area contributed by atoms with Gasteiger partial charge in [0.25, 0.3) is 0 Å². The highest BCUT2D eigenvalue weighted by Gasteiger charge is 2.32. The highest BCUT2D eigenvalue weighted by atomic mass is 16.6. The van der Waals surface area contributed by atoms with Crippen LogP contribution in [0.25, 0.3) is 33.4 Å². The van der Waals surface area contributed by atoms with Gasteiger partial charge in [-0.1, -0.05) is 200 Å². The molecule has 5 amide bonds. The van der Waals surface area contributed by atoms with Crippen molar-refractivity contribution < 1.29 is 57.9 Å². The standard InChI is InChI=1S/C25H24N2O4.C25H26N2O3.C17H17NO3.C8H9NO2/c26-24(28)15-17-7-1-6-12-23(17)30-14-13-27-25(29)31-16-22-20-10-4-2-8-18(20)19-9-3-5-11-21(19)22;26-14-13-18-7-1-6-12-24(18)29-16-15-27-25(28)30-17-23-21-10-4-2-8-19(21)20-9-3-5-11-22(20)23;19-10-9-18-17(20)21-11-16-14-7-3-1-5-12(14)13-6-2-4-8-15(13)16;9-8(11)5-6-3-1-2-4-7(6)10/h1-12,22H,13-16H2,(H2,26,28)(H,27,29);1-12,23H,13-17,26H2,(H,27,28);1-8,16,19H,9-11H2,(H,18,20);1-4,10H,5H2,(H2,9,11). The average molecular weight is 1250 g/mol. The van der Waals surface area contributed by atoms with Crippen LogP contribution < -0.4 is 42.6 Å². The van der Waals surface area contributed by atoms with E-state index in [0.29, 0.717) is 44.2 Å². The number of rotatable bonds is 22. The normalized spacial score (nSPS) is 11.9. The molecular formula is C75H76N6O12. The Labute approximate surface area is 540 Å². The Hall–Kier alpha value is -11.0. The smallest absolute Gasteiger partial charge is 0.407 e. The fourth-order valence-electron chi connectivity index (χ4n) is 11.6. The first-order chi connectivity index (χ1) is 45.4. The van der Waals surface area contributed by atoms with E-state index in [4.69, 9.17) is 51.1 Å². The molecule has 18 heteroatoms. The minimum absolute atomic E-state index is 0.0232. The number of phenols is 1. The third kappa shape index (κ3) is 17.9. The van der Waals surface area contributed by atoms with Crippen LogP contribution in [-0.4, -0.2) is 106 Å². The number of fused-ring (bicyclic) bond motifs is 9. The second kappa shape index (κ2) is 33.8. The number of nitrogens with one attached hydrogen (secondary N) is 3. The van der Waals surface area contributed by atoms with Crippen LogP contribution in [-0.2, 0) is 43.1 Å². The number of phenolic OH excluding ortho intramolecular Hbond substituents is 1. The van der Waals surface area contributed by atoms with Crippen molar-refractivity contribution in [3.05, 3.63) is 268 Å². The minimum Gasteiger partial charge on any atom is -0.508 e. The molecule has 0 saturated heterocycles. The molecule has 0 aliphatic heterocycles. The van der Waals surface area contributed by atoms with Gasteiger partial charge in [-0.3, -0.25) is 9.59 Å². The third-order valence-electron chi connectivity index (χ3n) is 15.7. The van der Waals surface area contributed by atoms with E-state index in [1.54, 1.807) is 30.3 Å². The SMILES string of the molecule is NC(=O)Cc1ccccc1O.NC(=O)Cc1ccccc1OCCNC(=O)OCC1c2ccccc2-c2ccccc21.NCCc1ccccc1OCCNC(=O)OCC1c2ccccc2-c2ccccc21.O=C(NCCO)OCC1c2ccccc2-c2ccccc21. The maximum atomic E-state index is 12.2. The molecule has 0 bridgehead atoms. The lowest BCUT2D eigenvalue weighted by Gasteiger charge is -2.15. The van der Waals surface area contributed by atoms with E-state index in [9.17, 15) is 24.0 Å². The lowest BCUT2D eigenvalue weighted by molar-refractivity contribution is -0.118. The van der Waals surface area contributed by atoms with Crippen LogP contribution >= 0.6 is 0 Å². The van der Waals surface area contributed by atoms with Crippen molar-refractivity contribution in [3.63, 3.8) is 0 Å². The summed E-state index contributed by atoms with van der Waals surface area (Å²) in [5.74, 6) is 0.786. The Kier molecular flexibility index (Phi) is 24.1. The number of primary amides is 2. The van der Waals surface area contributed by atoms with Crippen LogP contribution in [0.15, 0.2) is 218 Å². The molecule has 3 aliphatic rings. The summed E-state index contributed by atoms with van der Waals surface area (Å²) in [6.07, 6.45) is -0.462. The molecule has 18 nitrogen and oxygen atoms in total. The molecule has 9 aromatic carbocycles. The number of carbonyl (C=O) groups excluding carboxylic acids is 5. The van der Waals surface area contributed by atoms with E-state index in [2.05, 4.69) is 88.7 Å². The summed E-state index contributed by atoms with van der Waals surface area (Å²) in [6.45, 7) is 2.81. The van der Waals surface area contributed by atoms with Crippen molar-refractivity contribution in [2.45, 2.75) is 37.0 Å². The average Bonchev–Trinajstić information content (AvgIpc) is 1.67. The topological polar surface area (TPSA) is 286 Å². The van der Waals surface area contributed by atoms with Gasteiger partial charge in [0.2, 0.25) is 11.8 Å². The Bertz CT molecular complexity index is 3870. The summed E-state index contributed by atoms with van der Waals surface area (Å²) in [5.41, 5.74) is 32.5. The molecule has 0 radical (unpaired) electrons. The van der Waals surface area contributed by atoms with Crippen LogP contribution in [0.3, 0.4) is 0 Å². The molecule has 0 fully saturated rings. The second-order valence-electron chi connectivity index (χ2n) is 21.8. The van der Waals surface area contributed by atoms with E-state index in [-0.39, 0.29) is 69.3 Å². The molecule has 0 saturated carbocycles. The highest BCUT2D eigenvalue weighted by Crippen LogP contribution is 2.47. The Morgan fingerprint density at radius 3 is 1.01 bits per heavy atom. The number of benzene rings is 9. The largest absolute Gasteiger partial charge is 0.508 e. The maximum absolute atomic E-state index is 12.2. The number of carbonyl (C=O) groups is 5. The summed E-state index contributed by atoms with van der Waals surface area (Å²) in [4.78, 5) is 57.5. The van der Waals surface area contributed by atoms with Gasteiger partial charge in [-0.25, -0.2) is 14.4 Å². The van der Waals surface area contributed by atoms with Gasteiger partial charge in [0, 0.05) is 35.4 Å². The molecule has 0 aromatic heterocycles. The third-order valence-corrected chi connectivity index (χ3v) is 15.7. The van der Waals surface area contributed by atoms with Gasteiger partial charge < -0.3 is 67.0 Å². The number of hydrogen-bond donors (Lipinski definition) is 8. The number of amides is 5. The fourth-order valence-corrected chi connectivity index (χ4v) is 11.6. The van der Waals surface area contributed by atoms with Crippen molar-refractivity contribution in [2.75, 3.05) is 65.8 Å². The first-order valence-electron chi connectivity index (χ1n) is 30.7. The molecule has 0 atom stereocenters. The zero-order valence-corrected chi connectivity index (χ0v) is 51.4. The summed E-state index contributed by atoms with van der Waals surface area (Å²) in [7, 11) is 0. The first kappa shape index (κ1) is 66.5. The van der Waals surface area contributed by atoms with Crippen LogP contribution in [0.4, 0.5) is 14.4 Å². The summed E-state index contributed by atoms with van der Waals surface area (Å²) >= 11 is 0. The van der Waals surface area contributed by atoms with Gasteiger partial charge in [-0.15, -0.1) is 0 Å². The molecule has 12 rings (SSSR count). The molecule has 93 heavy (non-hydrogen) atoms. The van der Waals surface area contributed by atoms with Crippen LogP contribution in [0, 0.1) is 0 Å². The number of hydrogen-bond acceptors (Lipinski definition) is 13. The van der Waals surface area contributed by atoms with E-state index >= 15 is 0 Å². The monoisotopic (exact) mass is 1250 g/mol. The van der Waals surface area contributed by atoms with E-state index in [0.717, 1.165) is 23.3 Å². The number of alkyl carbamates (subject to hydrolysis) is 3. The lowest BCUT2D eigenvalue weighted by Crippen LogP contribution is -2.30. The van der Waals surface area contributed by atoms with Gasteiger partial charge in [0.15, 0.2) is 0 Å². The van der Waals surface area contributed by atoms with Gasteiger partial charge in [0.1, 0.15) is 50.3 Å². The number of nitrogens with two attached hydrogens (primary N) is 3. The predicted octanol–water partition coefficient (Wildman–Crippen LogP) is 10.7. The van der Waals surface area contributed by atoms with Gasteiger partial charge in [-0.05, 0) is 103 Å². The number of aliphatic hydroxyl groups excluding tert-OH is 1. The molecular weight excluding hydrogens is 1180 g/mol. The Balaban J connectivity index is 0.000000154. The summed E-state index contributed by atoms with van der Waals surface area (Å²) < 4.78 is 27.8. The molecule has 0 unspecified atom stereocenters. The van der Waals surface area contributed by atoms with Crippen molar-refractivity contribution in [1.82, 2.24) is 16.0 Å². The van der Waals surface area contributed by atoms with Crippen molar-refractivity contribution in [3.8, 4) is 50.6 Å². The van der Waals surface area contributed by atoms with Crippen LogP contribution in [0.2, 0.25) is 0 Å². The summed E-state index contributed by atoms with van der Waals surface area (Å²) in [6, 6.07) is 71.0. The first-order valence-corrected chi connectivity index (χ1v) is 30.7.